The molecule has 1 aliphatic rings. The van der Waals surface area contributed by atoms with Crippen LogP contribution < -0.4 is 65.9 Å². The van der Waals surface area contributed by atoms with E-state index in [4.69, 9.17) is 34.1 Å². The summed E-state index contributed by atoms with van der Waals surface area (Å²) in [7, 11) is 0. The molecule has 374 valence electrons. The Balaban J connectivity index is 2.31. The summed E-state index contributed by atoms with van der Waals surface area (Å²) in [6, 6.07) is -0.781. The highest BCUT2D eigenvalue weighted by Gasteiger charge is 2.39. The van der Waals surface area contributed by atoms with Gasteiger partial charge in [0, 0.05) is 26.1 Å². The third kappa shape index (κ3) is 20.8. The van der Waals surface area contributed by atoms with Crippen LogP contribution in [-0.4, -0.2) is 151 Å². The third-order valence-electron chi connectivity index (χ3n) is 10.5. The fraction of sp³-hybridized carbons (Fsp3) is 0.595. The summed E-state index contributed by atoms with van der Waals surface area (Å²) in [6.07, 6.45) is 1.48. The molecular weight excluding hydrogens is 880 g/mol. The highest BCUT2D eigenvalue weighted by atomic mass is 19.1. The molecule has 1 aromatic carbocycles. The van der Waals surface area contributed by atoms with Gasteiger partial charge in [-0.25, -0.2) is 9.18 Å². The number of aliphatic carboxylic acids is 1. The number of rotatable bonds is 31. The lowest BCUT2D eigenvalue weighted by molar-refractivity contribution is -0.142. The highest BCUT2D eigenvalue weighted by molar-refractivity contribution is 5.98. The van der Waals surface area contributed by atoms with Gasteiger partial charge >= 0.3 is 5.97 Å². The smallest absolute Gasteiger partial charge is 0.352 e. The Morgan fingerprint density at radius 1 is 0.791 bits per heavy atom. The number of nitrogens with one attached hydrogen (secondary N) is 8. The van der Waals surface area contributed by atoms with Crippen molar-refractivity contribution in [1.82, 2.24) is 42.1 Å². The predicted octanol–water partition coefficient (Wildman–Crippen LogP) is -4.31. The molecule has 0 aromatic heterocycles. The van der Waals surface area contributed by atoms with E-state index >= 15 is 4.39 Å². The van der Waals surface area contributed by atoms with Gasteiger partial charge in [-0.3, -0.25) is 39.0 Å². The van der Waals surface area contributed by atoms with Gasteiger partial charge in [-0.15, -0.1) is 0 Å². The summed E-state index contributed by atoms with van der Waals surface area (Å²) in [6.45, 7) is 0.0115. The molecule has 1 heterocycles. The molecule has 0 aliphatic carbocycles. The molecule has 0 bridgehead atoms. The first-order chi connectivity index (χ1) is 31.9. The van der Waals surface area contributed by atoms with Crippen LogP contribution in [-0.2, 0) is 44.8 Å². The first-order valence-electron chi connectivity index (χ1n) is 22.3. The summed E-state index contributed by atoms with van der Waals surface area (Å²) in [5, 5.41) is 44.3. The van der Waals surface area contributed by atoms with Gasteiger partial charge in [0.1, 0.15) is 41.7 Å². The van der Waals surface area contributed by atoms with E-state index in [0.29, 0.717) is 25.7 Å². The lowest BCUT2D eigenvalue weighted by atomic mass is 10.0. The van der Waals surface area contributed by atoms with Gasteiger partial charge in [-0.2, -0.15) is 0 Å². The molecule has 67 heavy (non-hydrogen) atoms. The number of carboxylic acids is 1. The van der Waals surface area contributed by atoms with Crippen LogP contribution in [0.1, 0.15) is 76.2 Å². The minimum atomic E-state index is -1.51. The fourth-order valence-corrected chi connectivity index (χ4v) is 6.99. The van der Waals surface area contributed by atoms with Crippen LogP contribution in [0.3, 0.4) is 0 Å². The molecule has 6 atom stereocenters. The van der Waals surface area contributed by atoms with Crippen molar-refractivity contribution >= 4 is 53.3 Å². The summed E-state index contributed by atoms with van der Waals surface area (Å²) in [5.74, 6) is -7.88. The number of benzene rings is 1. The number of aliphatic hydroxyl groups excluding tert-OH is 1. The number of guanidine groups is 1. The standard InChI is InChI=1S/C42H69FN14O10/c43-27-10-2-1-9-25(27)21-32(38(63)54-29(11-3-4-16-44)37(62)55-31(41(66)67)14-7-19-50-42(48)49)56-39(64)33-15-8-20-57(33)40(65)30(13-6-18-46)53-35(60)24-51-36(61)28(12-5-17-45)52-34(59)22-26(58)23-47/h1-2,9-10,14,26,28-30,32-33,58H,3-8,11-13,15-24,44-47H2,(H,51,61)(H,52,59)(H,53,60)(H,54,63)(H,55,62)(H,56,64)(H,66,67)(H4,48,49,50)/b31-14-/t26-,28+,29+,30-,32+,33+/m1/s1. The third-order valence-corrected chi connectivity index (χ3v) is 10.5. The van der Waals surface area contributed by atoms with Gasteiger partial charge in [0.2, 0.25) is 41.4 Å². The van der Waals surface area contributed by atoms with Crippen LogP contribution in [0.25, 0.3) is 0 Å². The van der Waals surface area contributed by atoms with Crippen LogP contribution >= 0.6 is 0 Å². The van der Waals surface area contributed by atoms with Crippen molar-refractivity contribution in [2.75, 3.05) is 45.8 Å². The second-order valence-electron chi connectivity index (χ2n) is 15.8. The van der Waals surface area contributed by atoms with E-state index < -0.39 is 108 Å². The number of amides is 7. The normalized spacial score (nSPS) is 15.8. The molecule has 25 heteroatoms. The summed E-state index contributed by atoms with van der Waals surface area (Å²) in [5.41, 5.74) is 27.2. The Labute approximate surface area is 388 Å². The monoisotopic (exact) mass is 949 g/mol. The van der Waals surface area contributed by atoms with Crippen LogP contribution in [0.15, 0.2) is 36.0 Å². The SMILES string of the molecule is N=C(N)NCC/C=C(\NC(=O)[C@H](CCCCN)NC(=O)[C@H](Cc1ccccc1F)NC(=O)[C@@H]1CCCN1C(=O)[C@@H](CCCN)NC(=O)CNC(=O)[C@H](CCCN)NC(=O)C[C@@H](O)CN)C(=O)O. The van der Waals surface area contributed by atoms with Gasteiger partial charge in [-0.05, 0) is 95.5 Å². The Morgan fingerprint density at radius 3 is 2.04 bits per heavy atom. The number of carbonyl (C=O) groups excluding carboxylic acids is 7. The first-order valence-corrected chi connectivity index (χ1v) is 22.3. The average molecular weight is 949 g/mol. The highest BCUT2D eigenvalue weighted by Crippen LogP contribution is 2.21. The number of carbonyl (C=O) groups is 8. The van der Waals surface area contributed by atoms with E-state index in [1.54, 1.807) is 0 Å². The molecule has 1 fully saturated rings. The van der Waals surface area contributed by atoms with Gasteiger partial charge in [-0.1, -0.05) is 24.3 Å². The molecule has 2 rings (SSSR count). The van der Waals surface area contributed by atoms with Crippen molar-refractivity contribution in [1.29, 1.82) is 5.41 Å². The van der Waals surface area contributed by atoms with Crippen molar-refractivity contribution in [3.8, 4) is 0 Å². The van der Waals surface area contributed by atoms with Gasteiger partial charge in [0.05, 0.1) is 19.1 Å². The molecule has 0 radical (unpaired) electrons. The minimum Gasteiger partial charge on any atom is -0.477 e. The number of unbranched alkanes of at least 4 members (excludes halogenated alkanes) is 1. The number of aliphatic hydroxyl groups is 1. The van der Waals surface area contributed by atoms with E-state index in [1.165, 1.54) is 29.2 Å². The second kappa shape index (κ2) is 30.8. The molecule has 24 nitrogen and oxygen atoms in total. The number of carboxylic acid groups (broad SMARTS) is 1. The topological polar surface area (TPSA) is 418 Å². The number of hydrogen-bond acceptors (Lipinski definition) is 14. The molecule has 0 unspecified atom stereocenters. The first kappa shape index (κ1) is 56.8. The van der Waals surface area contributed by atoms with E-state index in [-0.39, 0.29) is 95.7 Å². The zero-order chi connectivity index (χ0) is 49.9. The van der Waals surface area contributed by atoms with E-state index in [0.717, 1.165) is 6.07 Å². The minimum absolute atomic E-state index is 0.00407. The van der Waals surface area contributed by atoms with Crippen molar-refractivity contribution in [3.05, 3.63) is 47.4 Å². The predicted molar refractivity (Wildman–Crippen MR) is 243 cm³/mol. The molecule has 0 spiro atoms. The maximum atomic E-state index is 15.0. The van der Waals surface area contributed by atoms with Crippen molar-refractivity contribution in [2.24, 2.45) is 28.7 Å². The summed E-state index contributed by atoms with van der Waals surface area (Å²) >= 11 is 0. The van der Waals surface area contributed by atoms with Gasteiger partial charge in [0.15, 0.2) is 5.96 Å². The molecule has 20 N–H and O–H groups in total. The van der Waals surface area contributed by atoms with E-state index in [1.807, 2.05) is 0 Å². The zero-order valence-corrected chi connectivity index (χ0v) is 37.7. The molecule has 1 aliphatic heterocycles. The lowest BCUT2D eigenvalue weighted by Gasteiger charge is -2.30. The number of nitrogens with zero attached hydrogens (tertiary/aromatic N) is 1. The van der Waals surface area contributed by atoms with E-state index in [9.17, 15) is 48.6 Å². The Bertz CT molecular complexity index is 1870. The molecule has 1 aromatic rings. The van der Waals surface area contributed by atoms with Gasteiger partial charge in [0.25, 0.3) is 0 Å². The summed E-state index contributed by atoms with van der Waals surface area (Å²) in [4.78, 5) is 108. The quantitative estimate of drug-likeness (QED) is 0.0145. The maximum absolute atomic E-state index is 15.0. The molecular formula is C42H69FN14O10. The van der Waals surface area contributed by atoms with Crippen molar-refractivity contribution < 1.29 is 53.0 Å². The number of hydrogen-bond donors (Lipinski definition) is 15. The summed E-state index contributed by atoms with van der Waals surface area (Å²) < 4.78 is 15.0. The van der Waals surface area contributed by atoms with E-state index in [2.05, 4.69) is 37.2 Å². The van der Waals surface area contributed by atoms with Gasteiger partial charge < -0.3 is 81.0 Å². The van der Waals surface area contributed by atoms with Crippen LogP contribution in [0.4, 0.5) is 4.39 Å². The zero-order valence-electron chi connectivity index (χ0n) is 37.7. The average Bonchev–Trinajstić information content (AvgIpc) is 3.79. The number of halogens is 1. The largest absolute Gasteiger partial charge is 0.477 e. The van der Waals surface area contributed by atoms with Crippen LogP contribution in [0, 0.1) is 11.2 Å². The van der Waals surface area contributed by atoms with Crippen molar-refractivity contribution in [3.63, 3.8) is 0 Å². The number of likely N-dealkylation sites (tertiary alicyclic amines) is 1. The molecule has 7 amide bonds. The Kier molecular flexibility index (Phi) is 26.2. The molecule has 1 saturated heterocycles. The second-order valence-corrected chi connectivity index (χ2v) is 15.8. The lowest BCUT2D eigenvalue weighted by Crippen LogP contribution is -2.58. The Hall–Kier alpha value is -6.28. The van der Waals surface area contributed by atoms with Crippen LogP contribution in [0.5, 0.6) is 0 Å². The Morgan fingerprint density at radius 2 is 1.42 bits per heavy atom. The molecule has 0 saturated carbocycles. The number of nitrogens with two attached hydrogens (primary N) is 5. The van der Waals surface area contributed by atoms with Crippen LogP contribution in [0.2, 0.25) is 0 Å². The fourth-order valence-electron chi connectivity index (χ4n) is 6.99. The maximum Gasteiger partial charge on any atom is 0.352 e. The van der Waals surface area contributed by atoms with Crippen molar-refractivity contribution in [2.45, 2.75) is 113 Å².